The van der Waals surface area contributed by atoms with E-state index in [1.54, 1.807) is 7.05 Å². The van der Waals surface area contributed by atoms with Gasteiger partial charge in [0.15, 0.2) is 0 Å². The lowest BCUT2D eigenvalue weighted by Gasteiger charge is -2.07. The van der Waals surface area contributed by atoms with E-state index in [1.165, 1.54) is 6.92 Å². The summed E-state index contributed by atoms with van der Waals surface area (Å²) in [6.45, 7) is 3.16. The monoisotopic (exact) mass is 263 g/mol. The number of nitrogens with zero attached hydrogens (tertiary/aromatic N) is 2. The standard InChI is InChI=1S/C6H13NO2.C5H12N2O.CH4/c1-6(8)9-5-4-7(2)3;1-6-5(8)4-7(2)3;/h4-5H2,1-3H3;4H2,1-3H3,(H,6,8);1H4. The molecule has 1 N–H and O–H groups in total. The zero-order valence-corrected chi connectivity index (χ0v) is 11.7. The Hall–Kier alpha value is -1.14. The molecule has 0 aromatic carbocycles. The van der Waals surface area contributed by atoms with Crippen molar-refractivity contribution in [3.8, 4) is 0 Å². The van der Waals surface area contributed by atoms with Crippen molar-refractivity contribution >= 4 is 11.9 Å². The van der Waals surface area contributed by atoms with Crippen LogP contribution in [0.25, 0.3) is 0 Å². The van der Waals surface area contributed by atoms with Gasteiger partial charge in [0, 0.05) is 20.5 Å². The van der Waals surface area contributed by atoms with E-state index in [1.807, 2.05) is 38.0 Å². The average Bonchev–Trinajstić information content (AvgIpc) is 2.16. The Bertz CT molecular complexity index is 219. The van der Waals surface area contributed by atoms with Crippen molar-refractivity contribution in [3.63, 3.8) is 0 Å². The molecule has 0 spiro atoms. The molecule has 0 unspecified atom stereocenters. The Morgan fingerprint density at radius 2 is 1.61 bits per heavy atom. The maximum Gasteiger partial charge on any atom is 0.302 e. The van der Waals surface area contributed by atoms with Crippen LogP contribution in [0.15, 0.2) is 0 Å². The topological polar surface area (TPSA) is 61.9 Å². The number of carbonyl (C=O) groups is 2. The smallest absolute Gasteiger partial charge is 0.302 e. The van der Waals surface area contributed by atoms with Gasteiger partial charge in [0.05, 0.1) is 6.54 Å². The van der Waals surface area contributed by atoms with Crippen molar-refractivity contribution in [2.24, 2.45) is 0 Å². The molecule has 0 aromatic rings. The van der Waals surface area contributed by atoms with Gasteiger partial charge in [0.25, 0.3) is 0 Å². The molecule has 6 heteroatoms. The molecule has 0 radical (unpaired) electrons. The third-order valence-corrected chi connectivity index (χ3v) is 1.58. The van der Waals surface area contributed by atoms with Crippen LogP contribution in [0.5, 0.6) is 0 Å². The molecule has 1 amide bonds. The number of hydrogen-bond acceptors (Lipinski definition) is 5. The molecular weight excluding hydrogens is 234 g/mol. The van der Waals surface area contributed by atoms with Crippen LogP contribution in [0.1, 0.15) is 14.4 Å². The van der Waals surface area contributed by atoms with Crippen molar-refractivity contribution in [1.29, 1.82) is 0 Å². The van der Waals surface area contributed by atoms with E-state index in [0.29, 0.717) is 13.2 Å². The van der Waals surface area contributed by atoms with Gasteiger partial charge in [-0.2, -0.15) is 0 Å². The number of esters is 1. The molecule has 0 aliphatic rings. The number of hydrogen-bond donors (Lipinski definition) is 1. The van der Waals surface area contributed by atoms with E-state index < -0.39 is 0 Å². The molecular formula is C12H29N3O3. The van der Waals surface area contributed by atoms with Gasteiger partial charge < -0.3 is 19.9 Å². The summed E-state index contributed by atoms with van der Waals surface area (Å²) in [7, 11) is 9.21. The van der Waals surface area contributed by atoms with Crippen molar-refractivity contribution < 1.29 is 14.3 Å². The number of rotatable bonds is 5. The van der Waals surface area contributed by atoms with Crippen LogP contribution in [0.3, 0.4) is 0 Å². The number of likely N-dealkylation sites (N-methyl/N-ethyl adjacent to an activating group) is 3. The molecule has 0 heterocycles. The summed E-state index contributed by atoms with van der Waals surface area (Å²) in [5.41, 5.74) is 0. The van der Waals surface area contributed by atoms with E-state index in [9.17, 15) is 9.59 Å². The van der Waals surface area contributed by atoms with E-state index >= 15 is 0 Å². The Balaban J connectivity index is -0.000000238. The molecule has 0 aliphatic heterocycles. The fourth-order valence-electron chi connectivity index (χ4n) is 0.738. The van der Waals surface area contributed by atoms with Gasteiger partial charge in [0.1, 0.15) is 6.61 Å². The molecule has 0 saturated heterocycles. The van der Waals surface area contributed by atoms with Crippen LogP contribution in [0, 0.1) is 0 Å². The lowest BCUT2D eigenvalue weighted by atomic mass is 10.5. The van der Waals surface area contributed by atoms with E-state index in [4.69, 9.17) is 0 Å². The number of nitrogens with one attached hydrogen (secondary N) is 1. The highest BCUT2D eigenvalue weighted by atomic mass is 16.5. The minimum atomic E-state index is -0.211. The third-order valence-electron chi connectivity index (χ3n) is 1.58. The largest absolute Gasteiger partial charge is 0.465 e. The van der Waals surface area contributed by atoms with Crippen LogP contribution in [0.2, 0.25) is 0 Å². The zero-order chi connectivity index (χ0) is 13.8. The quantitative estimate of drug-likeness (QED) is 0.710. The molecule has 0 aromatic heterocycles. The first-order valence-electron chi connectivity index (χ1n) is 5.43. The summed E-state index contributed by atoms with van der Waals surface area (Å²) in [5, 5.41) is 2.52. The molecule has 0 atom stereocenters. The normalized spacial score (nSPS) is 9.11. The fourth-order valence-corrected chi connectivity index (χ4v) is 0.738. The molecule has 0 saturated carbocycles. The molecule has 0 bridgehead atoms. The minimum absolute atomic E-state index is 0. The lowest BCUT2D eigenvalue weighted by Crippen LogP contribution is -2.30. The zero-order valence-electron chi connectivity index (χ0n) is 11.7. The van der Waals surface area contributed by atoms with Crippen LogP contribution >= 0.6 is 0 Å². The molecule has 110 valence electrons. The Labute approximate surface area is 111 Å². The summed E-state index contributed by atoms with van der Waals surface area (Å²) in [4.78, 5) is 24.4. The molecule has 6 nitrogen and oxygen atoms in total. The van der Waals surface area contributed by atoms with Crippen molar-refractivity contribution in [1.82, 2.24) is 15.1 Å². The molecule has 0 rings (SSSR count). The molecule has 0 fully saturated rings. The number of ether oxygens (including phenoxy) is 1. The Morgan fingerprint density at radius 1 is 1.11 bits per heavy atom. The molecule has 18 heavy (non-hydrogen) atoms. The van der Waals surface area contributed by atoms with E-state index in [0.717, 1.165) is 6.54 Å². The lowest BCUT2D eigenvalue weighted by molar-refractivity contribution is -0.141. The fraction of sp³-hybridized carbons (Fsp3) is 0.833. The second kappa shape index (κ2) is 13.9. The van der Waals surface area contributed by atoms with E-state index in [2.05, 4.69) is 10.1 Å². The van der Waals surface area contributed by atoms with Crippen molar-refractivity contribution in [2.45, 2.75) is 14.4 Å². The Morgan fingerprint density at radius 3 is 1.83 bits per heavy atom. The summed E-state index contributed by atoms with van der Waals surface area (Å²) >= 11 is 0. The maximum absolute atomic E-state index is 10.5. The van der Waals surface area contributed by atoms with Gasteiger partial charge >= 0.3 is 5.97 Å². The number of amides is 1. The predicted octanol–water partition coefficient (Wildman–Crippen LogP) is 0.0412. The summed E-state index contributed by atoms with van der Waals surface area (Å²) in [5.74, 6) is -0.160. The van der Waals surface area contributed by atoms with Crippen LogP contribution in [-0.4, -0.2) is 76.6 Å². The van der Waals surface area contributed by atoms with Crippen molar-refractivity contribution in [2.75, 3.05) is 54.9 Å². The average molecular weight is 263 g/mol. The first-order chi connectivity index (χ1) is 7.79. The first-order valence-corrected chi connectivity index (χ1v) is 5.43. The van der Waals surface area contributed by atoms with Crippen molar-refractivity contribution in [3.05, 3.63) is 0 Å². The van der Waals surface area contributed by atoms with Gasteiger partial charge in [-0.1, -0.05) is 7.43 Å². The van der Waals surface area contributed by atoms with Crippen LogP contribution < -0.4 is 5.32 Å². The highest BCUT2D eigenvalue weighted by Crippen LogP contribution is 1.78. The second-order valence-electron chi connectivity index (χ2n) is 4.05. The molecule has 0 aliphatic carbocycles. The highest BCUT2D eigenvalue weighted by Gasteiger charge is 1.96. The van der Waals surface area contributed by atoms with Gasteiger partial charge in [-0.15, -0.1) is 0 Å². The predicted molar refractivity (Wildman–Crippen MR) is 74.5 cm³/mol. The number of carbonyl (C=O) groups excluding carboxylic acids is 2. The third kappa shape index (κ3) is 24.2. The Kier molecular flexibility index (Phi) is 17.1. The van der Waals surface area contributed by atoms with Crippen LogP contribution in [-0.2, 0) is 14.3 Å². The second-order valence-corrected chi connectivity index (χ2v) is 4.05. The summed E-state index contributed by atoms with van der Waals surface area (Å²) < 4.78 is 4.67. The maximum atomic E-state index is 10.5. The summed E-state index contributed by atoms with van der Waals surface area (Å²) in [6, 6.07) is 0. The van der Waals surface area contributed by atoms with Gasteiger partial charge in [-0.25, -0.2) is 0 Å². The SMILES string of the molecule is C.CC(=O)OCCN(C)C.CNC(=O)CN(C)C. The highest BCUT2D eigenvalue weighted by molar-refractivity contribution is 5.77. The first kappa shape index (κ1) is 22.1. The van der Waals surface area contributed by atoms with Gasteiger partial charge in [-0.3, -0.25) is 9.59 Å². The minimum Gasteiger partial charge on any atom is -0.465 e. The van der Waals surface area contributed by atoms with Crippen LogP contribution in [0.4, 0.5) is 0 Å². The van der Waals surface area contributed by atoms with Gasteiger partial charge in [0.2, 0.25) is 5.91 Å². The van der Waals surface area contributed by atoms with Gasteiger partial charge in [-0.05, 0) is 28.2 Å². The van der Waals surface area contributed by atoms with E-state index in [-0.39, 0.29) is 19.3 Å². The summed E-state index contributed by atoms with van der Waals surface area (Å²) in [6.07, 6.45) is 0.